The van der Waals surface area contributed by atoms with Crippen LogP contribution in [0, 0.1) is 5.82 Å². The lowest BCUT2D eigenvalue weighted by Crippen LogP contribution is -2.29. The molecule has 0 aliphatic rings. The van der Waals surface area contributed by atoms with Crippen LogP contribution in [-0.2, 0) is 0 Å². The monoisotopic (exact) mass is 295 g/mol. The standard InChI is InChI=1S/C18H14FNO2/c19-16-8-6-14(7-9-16)17(13-4-2-1-3-5-13)20-18(21)15-10-11-22-12-15/h1-12,17H,(H,20,21). The van der Waals surface area contributed by atoms with E-state index in [1.807, 2.05) is 30.3 Å². The Morgan fingerprint density at radius 3 is 2.27 bits per heavy atom. The van der Waals surface area contributed by atoms with Gasteiger partial charge in [0.25, 0.3) is 5.91 Å². The fourth-order valence-corrected chi connectivity index (χ4v) is 2.27. The highest BCUT2D eigenvalue weighted by Crippen LogP contribution is 2.22. The van der Waals surface area contributed by atoms with Gasteiger partial charge in [0.05, 0.1) is 17.9 Å². The smallest absolute Gasteiger partial charge is 0.255 e. The Morgan fingerprint density at radius 1 is 0.955 bits per heavy atom. The van der Waals surface area contributed by atoms with Gasteiger partial charge in [-0.1, -0.05) is 42.5 Å². The molecular weight excluding hydrogens is 281 g/mol. The van der Waals surface area contributed by atoms with Gasteiger partial charge >= 0.3 is 0 Å². The molecule has 2 aromatic carbocycles. The number of hydrogen-bond acceptors (Lipinski definition) is 2. The zero-order valence-electron chi connectivity index (χ0n) is 11.7. The molecule has 1 atom stereocenters. The summed E-state index contributed by atoms with van der Waals surface area (Å²) in [6.45, 7) is 0. The highest BCUT2D eigenvalue weighted by Gasteiger charge is 2.18. The van der Waals surface area contributed by atoms with Crippen LogP contribution in [0.2, 0.25) is 0 Å². The third-order valence-electron chi connectivity index (χ3n) is 3.40. The maximum Gasteiger partial charge on any atom is 0.255 e. The van der Waals surface area contributed by atoms with Gasteiger partial charge in [0.15, 0.2) is 0 Å². The van der Waals surface area contributed by atoms with Gasteiger partial charge in [-0.15, -0.1) is 0 Å². The molecule has 1 N–H and O–H groups in total. The van der Waals surface area contributed by atoms with E-state index in [9.17, 15) is 9.18 Å². The molecule has 0 spiro atoms. The van der Waals surface area contributed by atoms with Crippen molar-refractivity contribution in [1.29, 1.82) is 0 Å². The first-order chi connectivity index (χ1) is 10.7. The second-order valence-corrected chi connectivity index (χ2v) is 4.88. The predicted molar refractivity (Wildman–Crippen MR) is 80.9 cm³/mol. The Bertz CT molecular complexity index is 737. The fraction of sp³-hybridized carbons (Fsp3) is 0.0556. The van der Waals surface area contributed by atoms with Crippen LogP contribution < -0.4 is 5.32 Å². The number of halogens is 1. The first-order valence-corrected chi connectivity index (χ1v) is 6.87. The van der Waals surface area contributed by atoms with Crippen molar-refractivity contribution in [3.63, 3.8) is 0 Å². The average molecular weight is 295 g/mol. The summed E-state index contributed by atoms with van der Waals surface area (Å²) in [5.41, 5.74) is 2.18. The second-order valence-electron chi connectivity index (χ2n) is 4.88. The largest absolute Gasteiger partial charge is 0.472 e. The Morgan fingerprint density at radius 2 is 1.64 bits per heavy atom. The van der Waals surface area contributed by atoms with Gasteiger partial charge in [0, 0.05) is 0 Å². The van der Waals surface area contributed by atoms with Crippen LogP contribution in [0.4, 0.5) is 4.39 Å². The molecule has 4 heteroatoms. The molecule has 0 radical (unpaired) electrons. The molecule has 3 rings (SSSR count). The van der Waals surface area contributed by atoms with Crippen molar-refractivity contribution in [2.75, 3.05) is 0 Å². The van der Waals surface area contributed by atoms with E-state index in [4.69, 9.17) is 4.42 Å². The van der Waals surface area contributed by atoms with E-state index in [1.54, 1.807) is 18.2 Å². The lowest BCUT2D eigenvalue weighted by atomic mass is 9.98. The van der Waals surface area contributed by atoms with Crippen molar-refractivity contribution in [3.8, 4) is 0 Å². The molecule has 3 nitrogen and oxygen atoms in total. The van der Waals surface area contributed by atoms with Crippen molar-refractivity contribution in [1.82, 2.24) is 5.32 Å². The van der Waals surface area contributed by atoms with Gasteiger partial charge in [0.1, 0.15) is 12.1 Å². The van der Waals surface area contributed by atoms with Crippen LogP contribution in [0.25, 0.3) is 0 Å². The molecule has 3 aromatic rings. The average Bonchev–Trinajstić information content (AvgIpc) is 3.09. The maximum atomic E-state index is 13.1. The second kappa shape index (κ2) is 6.26. The molecule has 0 aliphatic carbocycles. The van der Waals surface area contributed by atoms with Crippen LogP contribution in [-0.4, -0.2) is 5.91 Å². The van der Waals surface area contributed by atoms with E-state index < -0.39 is 0 Å². The van der Waals surface area contributed by atoms with Crippen LogP contribution in [0.5, 0.6) is 0 Å². The maximum absolute atomic E-state index is 13.1. The van der Waals surface area contributed by atoms with Crippen LogP contribution >= 0.6 is 0 Å². The molecule has 1 heterocycles. The summed E-state index contributed by atoms with van der Waals surface area (Å²) in [6.07, 6.45) is 2.84. The Hall–Kier alpha value is -2.88. The molecule has 0 saturated carbocycles. The predicted octanol–water partition coefficient (Wildman–Crippen LogP) is 3.94. The third kappa shape index (κ3) is 3.06. The number of carbonyl (C=O) groups is 1. The number of rotatable bonds is 4. The minimum Gasteiger partial charge on any atom is -0.472 e. The quantitative estimate of drug-likeness (QED) is 0.792. The zero-order valence-corrected chi connectivity index (χ0v) is 11.7. The zero-order chi connectivity index (χ0) is 15.4. The molecule has 1 unspecified atom stereocenters. The minimum absolute atomic E-state index is 0.244. The lowest BCUT2D eigenvalue weighted by Gasteiger charge is -2.19. The molecule has 22 heavy (non-hydrogen) atoms. The van der Waals surface area contributed by atoms with Gasteiger partial charge in [-0.3, -0.25) is 4.79 Å². The normalized spacial score (nSPS) is 11.9. The molecule has 0 bridgehead atoms. The number of benzene rings is 2. The van der Waals surface area contributed by atoms with Crippen molar-refractivity contribution in [3.05, 3.63) is 95.7 Å². The molecular formula is C18H14FNO2. The van der Waals surface area contributed by atoms with Gasteiger partial charge in [-0.2, -0.15) is 0 Å². The molecule has 1 aromatic heterocycles. The first kappa shape index (κ1) is 14.1. The lowest BCUT2D eigenvalue weighted by molar-refractivity contribution is 0.0942. The number of amides is 1. The van der Waals surface area contributed by atoms with Gasteiger partial charge < -0.3 is 9.73 Å². The number of furan rings is 1. The summed E-state index contributed by atoms with van der Waals surface area (Å²) in [5, 5.41) is 2.95. The van der Waals surface area contributed by atoms with Crippen LogP contribution in [0.3, 0.4) is 0 Å². The molecule has 110 valence electrons. The Balaban J connectivity index is 1.93. The number of carbonyl (C=O) groups excluding carboxylic acids is 1. The van der Waals surface area contributed by atoms with Crippen molar-refractivity contribution >= 4 is 5.91 Å². The summed E-state index contributed by atoms with van der Waals surface area (Å²) in [7, 11) is 0. The highest BCUT2D eigenvalue weighted by molar-refractivity contribution is 5.94. The summed E-state index contributed by atoms with van der Waals surface area (Å²) >= 11 is 0. The minimum atomic E-state index is -0.357. The number of nitrogens with one attached hydrogen (secondary N) is 1. The summed E-state index contributed by atoms with van der Waals surface area (Å²) in [5.74, 6) is -0.552. The molecule has 1 amide bonds. The van der Waals surface area contributed by atoms with Gasteiger partial charge in [0.2, 0.25) is 0 Å². The van der Waals surface area contributed by atoms with Crippen molar-refractivity contribution in [2.45, 2.75) is 6.04 Å². The van der Waals surface area contributed by atoms with E-state index in [2.05, 4.69) is 5.32 Å². The summed E-state index contributed by atoms with van der Waals surface area (Å²) in [4.78, 5) is 12.3. The van der Waals surface area contributed by atoms with Gasteiger partial charge in [-0.05, 0) is 29.3 Å². The van der Waals surface area contributed by atoms with Crippen LogP contribution in [0.1, 0.15) is 27.5 Å². The van der Waals surface area contributed by atoms with E-state index >= 15 is 0 Å². The van der Waals surface area contributed by atoms with E-state index in [1.165, 1.54) is 24.7 Å². The van der Waals surface area contributed by atoms with E-state index in [-0.39, 0.29) is 17.8 Å². The third-order valence-corrected chi connectivity index (χ3v) is 3.40. The molecule has 0 aliphatic heterocycles. The molecule has 0 fully saturated rings. The summed E-state index contributed by atoms with van der Waals surface area (Å²) in [6, 6.07) is 16.9. The Kier molecular flexibility index (Phi) is 4.01. The van der Waals surface area contributed by atoms with Gasteiger partial charge in [-0.25, -0.2) is 4.39 Å². The first-order valence-electron chi connectivity index (χ1n) is 6.87. The topological polar surface area (TPSA) is 42.2 Å². The Labute approximate surface area is 127 Å². The van der Waals surface area contributed by atoms with Crippen molar-refractivity contribution in [2.24, 2.45) is 0 Å². The summed E-state index contributed by atoms with van der Waals surface area (Å²) < 4.78 is 18.1. The SMILES string of the molecule is O=C(NC(c1ccccc1)c1ccc(F)cc1)c1ccoc1. The highest BCUT2D eigenvalue weighted by atomic mass is 19.1. The number of hydrogen-bond donors (Lipinski definition) is 1. The molecule has 0 saturated heterocycles. The van der Waals surface area contributed by atoms with E-state index in [0.717, 1.165) is 11.1 Å². The van der Waals surface area contributed by atoms with Crippen LogP contribution in [0.15, 0.2) is 77.6 Å². The van der Waals surface area contributed by atoms with Crippen molar-refractivity contribution < 1.29 is 13.6 Å². The fourth-order valence-electron chi connectivity index (χ4n) is 2.27. The van der Waals surface area contributed by atoms with E-state index in [0.29, 0.717) is 5.56 Å².